The fourth-order valence-electron chi connectivity index (χ4n) is 0.920. The number of hydrogen-bond donors (Lipinski definition) is 2. The van der Waals surface area contributed by atoms with Crippen molar-refractivity contribution in [1.82, 2.24) is 15.5 Å². The largest absolute Gasteiger partial charge is 0.407 e. The molecule has 0 aromatic carbocycles. The predicted molar refractivity (Wildman–Crippen MR) is 50.5 cm³/mol. The van der Waals surface area contributed by atoms with Gasteiger partial charge in [-0.3, -0.25) is 0 Å². The number of aromatic nitrogens is 2. The van der Waals surface area contributed by atoms with Gasteiger partial charge < -0.3 is 15.1 Å². The molecule has 0 bridgehead atoms. The molecule has 74 valence electrons. The summed E-state index contributed by atoms with van der Waals surface area (Å²) in [4.78, 5) is 0. The van der Waals surface area contributed by atoms with Crippen LogP contribution >= 0.6 is 0 Å². The molecule has 0 radical (unpaired) electrons. The highest BCUT2D eigenvalue weighted by atomic mass is 16.4. The molecule has 0 spiro atoms. The van der Waals surface area contributed by atoms with Gasteiger partial charge in [0.05, 0.1) is 6.54 Å². The topological polar surface area (TPSA) is 63.0 Å². The third-order valence-corrected chi connectivity index (χ3v) is 1.50. The molecule has 1 rings (SSSR count). The highest BCUT2D eigenvalue weighted by molar-refractivity contribution is 5.15. The first-order valence-electron chi connectivity index (χ1n) is 4.63. The van der Waals surface area contributed by atoms with Crippen LogP contribution in [0.2, 0.25) is 0 Å². The number of anilines is 1. The van der Waals surface area contributed by atoms with Crippen LogP contribution < -0.4 is 10.6 Å². The minimum absolute atomic E-state index is 0.496. The smallest absolute Gasteiger partial charge is 0.315 e. The lowest BCUT2D eigenvalue weighted by Crippen LogP contribution is -2.13. The van der Waals surface area contributed by atoms with Crippen molar-refractivity contribution in [2.75, 3.05) is 18.4 Å². The Morgan fingerprint density at radius 1 is 1.31 bits per heavy atom. The van der Waals surface area contributed by atoms with E-state index in [2.05, 4.69) is 27.8 Å². The Balaban J connectivity index is 2.31. The molecule has 1 aromatic rings. The van der Waals surface area contributed by atoms with E-state index in [4.69, 9.17) is 4.42 Å². The van der Waals surface area contributed by atoms with E-state index in [0.29, 0.717) is 18.5 Å². The maximum atomic E-state index is 5.27. The average Bonchev–Trinajstić information content (AvgIpc) is 2.54. The Morgan fingerprint density at radius 2 is 2.15 bits per heavy atom. The lowest BCUT2D eigenvalue weighted by Gasteiger charge is -1.96. The van der Waals surface area contributed by atoms with E-state index in [1.165, 1.54) is 0 Å². The van der Waals surface area contributed by atoms with Gasteiger partial charge in [-0.1, -0.05) is 12.0 Å². The zero-order valence-electron chi connectivity index (χ0n) is 8.13. The molecule has 0 atom stereocenters. The van der Waals surface area contributed by atoms with Crippen LogP contribution in [-0.2, 0) is 6.54 Å². The van der Waals surface area contributed by atoms with Gasteiger partial charge in [-0.15, -0.1) is 5.10 Å². The van der Waals surface area contributed by atoms with E-state index in [1.807, 2.05) is 6.92 Å². The van der Waals surface area contributed by atoms with Crippen molar-refractivity contribution in [1.29, 1.82) is 0 Å². The van der Waals surface area contributed by atoms with E-state index in [9.17, 15) is 0 Å². The summed E-state index contributed by atoms with van der Waals surface area (Å²) in [5.74, 6) is 0.629. The molecule has 0 aliphatic heterocycles. The number of hydrogen-bond acceptors (Lipinski definition) is 5. The van der Waals surface area contributed by atoms with E-state index in [-0.39, 0.29) is 0 Å². The van der Waals surface area contributed by atoms with Crippen LogP contribution in [0.3, 0.4) is 0 Å². The molecule has 0 unspecified atom stereocenters. The Labute approximate surface area is 77.9 Å². The van der Waals surface area contributed by atoms with Crippen molar-refractivity contribution in [2.45, 2.75) is 26.8 Å². The fourth-order valence-corrected chi connectivity index (χ4v) is 0.920. The highest BCUT2D eigenvalue weighted by Gasteiger charge is 2.02. The normalized spacial score (nSPS) is 10.3. The molecule has 1 aromatic heterocycles. The van der Waals surface area contributed by atoms with Crippen LogP contribution in [0.5, 0.6) is 0 Å². The summed E-state index contributed by atoms with van der Waals surface area (Å²) in [7, 11) is 0. The second-order valence-electron chi connectivity index (χ2n) is 2.71. The van der Waals surface area contributed by atoms with Crippen molar-refractivity contribution < 1.29 is 4.42 Å². The van der Waals surface area contributed by atoms with Gasteiger partial charge in [-0.05, 0) is 19.9 Å². The maximum absolute atomic E-state index is 5.27. The van der Waals surface area contributed by atoms with E-state index in [0.717, 1.165) is 19.5 Å². The Hall–Kier alpha value is -1.10. The first-order valence-corrected chi connectivity index (χ1v) is 4.63. The molecule has 0 aliphatic carbocycles. The molecule has 5 heteroatoms. The van der Waals surface area contributed by atoms with Crippen LogP contribution in [0, 0.1) is 0 Å². The van der Waals surface area contributed by atoms with Gasteiger partial charge in [-0.25, -0.2) is 0 Å². The van der Waals surface area contributed by atoms with Crippen molar-refractivity contribution >= 4 is 6.01 Å². The Bertz CT molecular complexity index is 236. The molecule has 1 heterocycles. The zero-order valence-corrected chi connectivity index (χ0v) is 8.13. The minimum atomic E-state index is 0.496. The second kappa shape index (κ2) is 5.53. The first kappa shape index (κ1) is 9.98. The van der Waals surface area contributed by atoms with Gasteiger partial charge in [0.25, 0.3) is 0 Å². The Morgan fingerprint density at radius 3 is 2.85 bits per heavy atom. The second-order valence-corrected chi connectivity index (χ2v) is 2.71. The summed E-state index contributed by atoms with van der Waals surface area (Å²) in [6.07, 6.45) is 1.11. The van der Waals surface area contributed by atoms with Crippen LogP contribution in [0.4, 0.5) is 6.01 Å². The molecule has 0 saturated carbocycles. The van der Waals surface area contributed by atoms with Gasteiger partial charge in [0.2, 0.25) is 5.89 Å². The molecule has 2 N–H and O–H groups in total. The SMILES string of the molecule is CCCNCc1nnc(NCC)o1. The lowest BCUT2D eigenvalue weighted by molar-refractivity contribution is 0.477. The van der Waals surface area contributed by atoms with Crippen molar-refractivity contribution in [3.05, 3.63) is 5.89 Å². The molecule has 13 heavy (non-hydrogen) atoms. The van der Waals surface area contributed by atoms with E-state index >= 15 is 0 Å². The minimum Gasteiger partial charge on any atom is -0.407 e. The predicted octanol–water partition coefficient (Wildman–Crippen LogP) is 1.00. The highest BCUT2D eigenvalue weighted by Crippen LogP contribution is 2.03. The monoisotopic (exact) mass is 184 g/mol. The summed E-state index contributed by atoms with van der Waals surface area (Å²) in [6.45, 7) is 6.51. The van der Waals surface area contributed by atoms with Crippen LogP contribution in [0.1, 0.15) is 26.2 Å². The van der Waals surface area contributed by atoms with Gasteiger partial charge >= 0.3 is 6.01 Å². The summed E-state index contributed by atoms with van der Waals surface area (Å²) in [5, 5.41) is 13.8. The summed E-state index contributed by atoms with van der Waals surface area (Å²) < 4.78 is 5.27. The molecule has 5 nitrogen and oxygen atoms in total. The quantitative estimate of drug-likeness (QED) is 0.646. The van der Waals surface area contributed by atoms with E-state index < -0.39 is 0 Å². The number of rotatable bonds is 6. The first-order chi connectivity index (χ1) is 6.36. The lowest BCUT2D eigenvalue weighted by atomic mass is 10.5. The van der Waals surface area contributed by atoms with Crippen LogP contribution in [0.25, 0.3) is 0 Å². The molecule has 0 amide bonds. The van der Waals surface area contributed by atoms with Crippen LogP contribution in [0.15, 0.2) is 4.42 Å². The molecule has 0 fully saturated rings. The molecular formula is C8H16N4O. The average molecular weight is 184 g/mol. The van der Waals surface area contributed by atoms with Crippen molar-refractivity contribution in [3.63, 3.8) is 0 Å². The maximum Gasteiger partial charge on any atom is 0.315 e. The molecule has 0 aliphatic rings. The summed E-state index contributed by atoms with van der Waals surface area (Å²) in [6, 6.07) is 0.496. The third-order valence-electron chi connectivity index (χ3n) is 1.50. The summed E-state index contributed by atoms with van der Waals surface area (Å²) >= 11 is 0. The van der Waals surface area contributed by atoms with Gasteiger partial charge in [0, 0.05) is 6.54 Å². The fraction of sp³-hybridized carbons (Fsp3) is 0.750. The van der Waals surface area contributed by atoms with Crippen molar-refractivity contribution in [2.24, 2.45) is 0 Å². The van der Waals surface area contributed by atoms with Crippen molar-refractivity contribution in [3.8, 4) is 0 Å². The number of nitrogens with zero attached hydrogens (tertiary/aromatic N) is 2. The summed E-state index contributed by atoms with van der Waals surface area (Å²) in [5.41, 5.74) is 0. The van der Waals surface area contributed by atoms with Gasteiger partial charge in [0.1, 0.15) is 0 Å². The van der Waals surface area contributed by atoms with Crippen LogP contribution in [-0.4, -0.2) is 23.3 Å². The van der Waals surface area contributed by atoms with Gasteiger partial charge in [-0.2, -0.15) is 0 Å². The molecule has 0 saturated heterocycles. The Kier molecular flexibility index (Phi) is 4.25. The van der Waals surface area contributed by atoms with E-state index in [1.54, 1.807) is 0 Å². The zero-order chi connectivity index (χ0) is 9.52. The number of nitrogens with one attached hydrogen (secondary N) is 2. The van der Waals surface area contributed by atoms with Gasteiger partial charge in [0.15, 0.2) is 0 Å². The third kappa shape index (κ3) is 3.42. The standard InChI is InChI=1S/C8H16N4O/c1-3-5-9-6-7-11-12-8(13-7)10-4-2/h9H,3-6H2,1-2H3,(H,10,12). The molecular weight excluding hydrogens is 168 g/mol.